The van der Waals surface area contributed by atoms with Crippen LogP contribution >= 0.6 is 0 Å². The summed E-state index contributed by atoms with van der Waals surface area (Å²) in [6.07, 6.45) is 0.571. The number of halogens is 3. The maximum atomic E-state index is 13.7. The molecule has 22 heavy (non-hydrogen) atoms. The van der Waals surface area contributed by atoms with Crippen molar-refractivity contribution in [3.05, 3.63) is 58.9 Å². The Morgan fingerprint density at radius 2 is 1.82 bits per heavy atom. The summed E-state index contributed by atoms with van der Waals surface area (Å²) in [7, 11) is 0. The fraction of sp³-hybridized carbons (Fsp3) is 0.294. The van der Waals surface area contributed by atoms with E-state index in [1.165, 1.54) is 18.2 Å². The van der Waals surface area contributed by atoms with Crippen LogP contribution in [0.1, 0.15) is 25.0 Å². The van der Waals surface area contributed by atoms with E-state index in [4.69, 9.17) is 9.47 Å². The molecule has 5 heteroatoms. The Bertz CT molecular complexity index is 706. The van der Waals surface area contributed by atoms with Crippen LogP contribution in [0.2, 0.25) is 0 Å². The van der Waals surface area contributed by atoms with Gasteiger partial charge in [0, 0.05) is 17.5 Å². The number of benzene rings is 2. The number of hydrogen-bond acceptors (Lipinski definition) is 2. The lowest BCUT2D eigenvalue weighted by molar-refractivity contribution is 0.135. The van der Waals surface area contributed by atoms with E-state index in [0.29, 0.717) is 17.7 Å². The Hall–Kier alpha value is -2.17. The lowest BCUT2D eigenvalue weighted by Gasteiger charge is -2.18. The van der Waals surface area contributed by atoms with Gasteiger partial charge >= 0.3 is 0 Å². The van der Waals surface area contributed by atoms with Gasteiger partial charge in [-0.25, -0.2) is 13.2 Å². The van der Waals surface area contributed by atoms with Crippen molar-refractivity contribution < 1.29 is 22.6 Å². The predicted molar refractivity (Wildman–Crippen MR) is 75.5 cm³/mol. The van der Waals surface area contributed by atoms with E-state index >= 15 is 0 Å². The summed E-state index contributed by atoms with van der Waals surface area (Å²) in [5.74, 6) is -1.96. The van der Waals surface area contributed by atoms with Gasteiger partial charge < -0.3 is 9.47 Å². The van der Waals surface area contributed by atoms with Crippen molar-refractivity contribution in [1.82, 2.24) is 0 Å². The van der Waals surface area contributed by atoms with Gasteiger partial charge in [0.15, 0.2) is 17.4 Å². The van der Waals surface area contributed by atoms with Crippen molar-refractivity contribution in [2.75, 3.05) is 0 Å². The predicted octanol–water partition coefficient (Wildman–Crippen LogP) is 4.40. The lowest BCUT2D eigenvalue weighted by Crippen LogP contribution is -2.25. The first-order valence-electron chi connectivity index (χ1n) is 6.93. The van der Waals surface area contributed by atoms with Gasteiger partial charge in [0.2, 0.25) is 0 Å². The third-order valence-electron chi connectivity index (χ3n) is 3.49. The van der Waals surface area contributed by atoms with Gasteiger partial charge in [0.1, 0.15) is 23.8 Å². The van der Waals surface area contributed by atoms with E-state index in [-0.39, 0.29) is 6.61 Å². The molecule has 0 aromatic heterocycles. The fourth-order valence-corrected chi connectivity index (χ4v) is 2.62. The van der Waals surface area contributed by atoms with Crippen molar-refractivity contribution in [2.24, 2.45) is 0 Å². The Morgan fingerprint density at radius 3 is 2.50 bits per heavy atom. The molecule has 0 spiro atoms. The van der Waals surface area contributed by atoms with Crippen LogP contribution in [-0.4, -0.2) is 5.60 Å². The summed E-state index contributed by atoms with van der Waals surface area (Å²) < 4.78 is 51.8. The highest BCUT2D eigenvalue weighted by atomic mass is 19.1. The summed E-state index contributed by atoms with van der Waals surface area (Å²) in [5.41, 5.74) is 0.731. The molecule has 116 valence electrons. The maximum Gasteiger partial charge on any atom is 0.191 e. The zero-order chi connectivity index (χ0) is 15.9. The largest absolute Gasteiger partial charge is 0.487 e. The van der Waals surface area contributed by atoms with Crippen LogP contribution < -0.4 is 9.47 Å². The number of rotatable bonds is 3. The molecule has 1 aliphatic rings. The van der Waals surface area contributed by atoms with Gasteiger partial charge in [-0.05, 0) is 38.1 Å². The highest BCUT2D eigenvalue weighted by Gasteiger charge is 2.32. The zero-order valence-electron chi connectivity index (χ0n) is 12.3. The molecule has 2 aromatic rings. The average molecular weight is 308 g/mol. The summed E-state index contributed by atoms with van der Waals surface area (Å²) in [5, 5.41) is 0. The first kappa shape index (κ1) is 14.8. The molecule has 0 unspecified atom stereocenters. The smallest absolute Gasteiger partial charge is 0.191 e. The molecule has 2 aromatic carbocycles. The van der Waals surface area contributed by atoms with Crippen molar-refractivity contribution >= 4 is 0 Å². The van der Waals surface area contributed by atoms with Gasteiger partial charge in [-0.2, -0.15) is 0 Å². The van der Waals surface area contributed by atoms with E-state index in [2.05, 4.69) is 0 Å². The molecule has 0 bridgehead atoms. The molecule has 3 rings (SSSR count). The monoisotopic (exact) mass is 308 g/mol. The van der Waals surface area contributed by atoms with E-state index in [1.807, 2.05) is 13.8 Å². The Balaban J connectivity index is 1.88. The first-order valence-corrected chi connectivity index (χ1v) is 6.93. The molecular weight excluding hydrogens is 293 g/mol. The zero-order valence-corrected chi connectivity index (χ0v) is 12.3. The summed E-state index contributed by atoms with van der Waals surface area (Å²) in [6.45, 7) is 3.62. The summed E-state index contributed by atoms with van der Waals surface area (Å²) >= 11 is 0. The summed E-state index contributed by atoms with van der Waals surface area (Å²) in [6, 6.07) is 6.14. The first-order chi connectivity index (χ1) is 10.4. The van der Waals surface area contributed by atoms with Gasteiger partial charge in [-0.3, -0.25) is 0 Å². The fourth-order valence-electron chi connectivity index (χ4n) is 2.62. The second-order valence-electron chi connectivity index (χ2n) is 5.93. The van der Waals surface area contributed by atoms with Crippen LogP contribution in [0, 0.1) is 17.5 Å². The van der Waals surface area contributed by atoms with Gasteiger partial charge in [-0.1, -0.05) is 6.07 Å². The molecule has 0 fully saturated rings. The minimum absolute atomic E-state index is 0.173. The molecule has 0 saturated heterocycles. The SMILES string of the molecule is CC1(C)Cc2cc(F)cc(COc3c(F)cccc3F)c2O1. The standard InChI is InChI=1S/C17H15F3O2/c1-17(2)8-10-6-12(18)7-11(15(10)22-17)9-21-16-13(19)4-3-5-14(16)20/h3-7H,8-9H2,1-2H3. The number of para-hydroxylation sites is 1. The molecule has 1 aliphatic heterocycles. The quantitative estimate of drug-likeness (QED) is 0.837. The van der Waals surface area contributed by atoms with Crippen molar-refractivity contribution in [1.29, 1.82) is 0 Å². The van der Waals surface area contributed by atoms with Crippen molar-refractivity contribution in [2.45, 2.75) is 32.5 Å². The van der Waals surface area contributed by atoms with Gasteiger partial charge in [-0.15, -0.1) is 0 Å². The van der Waals surface area contributed by atoms with E-state index in [1.54, 1.807) is 0 Å². The van der Waals surface area contributed by atoms with E-state index < -0.39 is 28.8 Å². The van der Waals surface area contributed by atoms with E-state index in [9.17, 15) is 13.2 Å². The molecule has 0 radical (unpaired) electrons. The van der Waals surface area contributed by atoms with Crippen LogP contribution in [0.3, 0.4) is 0 Å². The molecular formula is C17H15F3O2. The lowest BCUT2D eigenvalue weighted by atomic mass is 10.0. The molecule has 2 nitrogen and oxygen atoms in total. The van der Waals surface area contributed by atoms with Crippen LogP contribution in [0.15, 0.2) is 30.3 Å². The number of hydrogen-bond donors (Lipinski definition) is 0. The van der Waals surface area contributed by atoms with E-state index in [0.717, 1.165) is 17.7 Å². The van der Waals surface area contributed by atoms with Gasteiger partial charge in [0.05, 0.1) is 0 Å². The van der Waals surface area contributed by atoms with Crippen molar-refractivity contribution in [3.63, 3.8) is 0 Å². The Labute approximate surface area is 126 Å². The van der Waals surface area contributed by atoms with Crippen LogP contribution in [0.5, 0.6) is 11.5 Å². The minimum Gasteiger partial charge on any atom is -0.487 e. The molecule has 0 aliphatic carbocycles. The summed E-state index contributed by atoms with van der Waals surface area (Å²) in [4.78, 5) is 0. The third kappa shape index (κ3) is 2.75. The normalized spacial score (nSPS) is 15.3. The average Bonchev–Trinajstić information content (AvgIpc) is 2.72. The number of fused-ring (bicyclic) bond motifs is 1. The maximum absolute atomic E-state index is 13.7. The highest BCUT2D eigenvalue weighted by Crippen LogP contribution is 2.39. The molecule has 0 saturated carbocycles. The molecule has 0 atom stereocenters. The number of ether oxygens (including phenoxy) is 2. The van der Waals surface area contributed by atoms with Crippen LogP contribution in [-0.2, 0) is 13.0 Å². The second kappa shape index (κ2) is 5.23. The Kier molecular flexibility index (Phi) is 3.51. The molecule has 0 N–H and O–H groups in total. The second-order valence-corrected chi connectivity index (χ2v) is 5.93. The topological polar surface area (TPSA) is 18.5 Å². The minimum atomic E-state index is -0.797. The van der Waals surface area contributed by atoms with Crippen molar-refractivity contribution in [3.8, 4) is 11.5 Å². The molecule has 1 heterocycles. The van der Waals surface area contributed by atoms with Crippen LogP contribution in [0.25, 0.3) is 0 Å². The van der Waals surface area contributed by atoms with Crippen LogP contribution in [0.4, 0.5) is 13.2 Å². The highest BCUT2D eigenvalue weighted by molar-refractivity contribution is 5.46. The Morgan fingerprint density at radius 1 is 1.14 bits per heavy atom. The molecule has 0 amide bonds. The van der Waals surface area contributed by atoms with Gasteiger partial charge in [0.25, 0.3) is 0 Å². The third-order valence-corrected chi connectivity index (χ3v) is 3.49.